The number of aromatic nitrogens is 7. The lowest BCUT2D eigenvalue weighted by Gasteiger charge is -2.40. The van der Waals surface area contributed by atoms with Crippen LogP contribution in [0, 0.1) is 0 Å². The summed E-state index contributed by atoms with van der Waals surface area (Å²) in [6, 6.07) is 150. The van der Waals surface area contributed by atoms with Crippen molar-refractivity contribution in [3.05, 3.63) is 463 Å². The first-order chi connectivity index (χ1) is 62.4. The van der Waals surface area contributed by atoms with Crippen molar-refractivity contribution in [3.8, 4) is 107 Å². The number of para-hydroxylation sites is 5. The van der Waals surface area contributed by atoms with Gasteiger partial charge in [-0.05, 0) is 174 Å². The molecule has 0 radical (unpaired) electrons. The number of rotatable bonds is 8. The van der Waals surface area contributed by atoms with E-state index in [2.05, 4.69) is 362 Å². The summed E-state index contributed by atoms with van der Waals surface area (Å²) in [5.74, 6) is 2.61. The maximum Gasteiger partial charge on any atom is 0.167 e. The molecule has 8 nitrogen and oxygen atoms in total. The molecule has 126 heavy (non-hydrogen) atoms. The van der Waals surface area contributed by atoms with Crippen LogP contribution in [-0.2, 0) is 10.8 Å². The molecular weight excluding hydrogens is 1570 g/mol. The minimum Gasteiger partial charge on any atom is -0.455 e. The second-order valence-electron chi connectivity index (χ2n) is 32.9. The molecule has 2 aliphatic heterocycles. The maximum absolute atomic E-state index is 6.50. The number of benzene rings is 18. The van der Waals surface area contributed by atoms with Gasteiger partial charge in [-0.1, -0.05) is 357 Å². The summed E-state index contributed by atoms with van der Waals surface area (Å²) in [7, 11) is 0. The molecule has 23 aromatic rings. The minimum atomic E-state index is -0.501. The Balaban J connectivity index is 0.000000134. The lowest BCUT2D eigenvalue weighted by Crippen LogP contribution is -2.32. The predicted molar refractivity (Wildman–Crippen MR) is 515 cm³/mol. The molecule has 5 aromatic heterocycles. The van der Waals surface area contributed by atoms with E-state index in [1.54, 1.807) is 0 Å². The number of furan rings is 1. The van der Waals surface area contributed by atoms with Crippen LogP contribution in [0.5, 0.6) is 0 Å². The monoisotopic (exact) mass is 1640 g/mol. The van der Waals surface area contributed by atoms with Gasteiger partial charge in [0.2, 0.25) is 0 Å². The van der Waals surface area contributed by atoms with Crippen LogP contribution < -0.4 is 0 Å². The standard InChI is InChI=1S/C59H34N4OS.C57H35N3S/c1-3-16-35(17-4-1)54-45-34-53-49(59(48-27-12-14-29-52(48)65-53)46-25-10-7-20-38(46)39-21-8-11-26-47(39)59)33-44(45)40-31-30-37(32-50(40)60-54)57-61-56(36-18-5-2-6-19-36)62-58(63-57)43-24-15-23-42-41-22-9-13-28-51(41)64-55(42)43;1-3-15-37(16-4-1)55-45-35-54-49(57(48-23-11-14-26-53(48)61-54)46-21-9-7-19-41(46)42-20-8-10-22-47(42)57)34-44(45)43-32-31-39(33-51(43)58-55)36-27-29-38(30-28-36)56-59-50-24-12-13-25-52(50)60(56)40-17-5-2-6-18-40/h1-34H;1-35H. The van der Waals surface area contributed by atoms with Crippen LogP contribution in [-0.4, -0.2) is 34.5 Å². The lowest BCUT2D eigenvalue weighted by molar-refractivity contribution is 0.669. The highest BCUT2D eigenvalue weighted by Gasteiger charge is 2.52. The van der Waals surface area contributed by atoms with Crippen molar-refractivity contribution in [3.63, 3.8) is 0 Å². The predicted octanol–water partition coefficient (Wildman–Crippen LogP) is 29.5. The van der Waals surface area contributed by atoms with Crippen LogP contribution >= 0.6 is 23.5 Å². The molecule has 18 aromatic carbocycles. The largest absolute Gasteiger partial charge is 0.455 e. The molecule has 0 saturated heterocycles. The fourth-order valence-corrected chi connectivity index (χ4v) is 23.2. The summed E-state index contributed by atoms with van der Waals surface area (Å²) in [6.07, 6.45) is 0. The highest BCUT2D eigenvalue weighted by atomic mass is 32.2. The van der Waals surface area contributed by atoms with Gasteiger partial charge >= 0.3 is 0 Å². The van der Waals surface area contributed by atoms with Crippen molar-refractivity contribution in [2.75, 3.05) is 0 Å². The summed E-state index contributed by atoms with van der Waals surface area (Å²) >= 11 is 3.74. The van der Waals surface area contributed by atoms with Crippen LogP contribution in [0.3, 0.4) is 0 Å². The Hall–Kier alpha value is -15.7. The Morgan fingerprint density at radius 3 is 1.19 bits per heavy atom. The molecular formula is C116H69N7OS2. The third-order valence-corrected chi connectivity index (χ3v) is 28.5. The van der Waals surface area contributed by atoms with E-state index in [1.807, 2.05) is 84.2 Å². The first-order valence-electron chi connectivity index (χ1n) is 42.7. The Morgan fingerprint density at radius 1 is 0.222 bits per heavy atom. The Labute approximate surface area is 734 Å². The normalized spacial score (nSPS) is 13.3. The average molecular weight is 1640 g/mol. The van der Waals surface area contributed by atoms with E-state index < -0.39 is 10.8 Å². The number of hydrogen-bond donors (Lipinski definition) is 0. The van der Waals surface area contributed by atoms with Crippen LogP contribution in [0.1, 0.15) is 44.5 Å². The average Bonchev–Trinajstić information content (AvgIpc) is 1.49. The third-order valence-electron chi connectivity index (χ3n) is 26.2. The van der Waals surface area contributed by atoms with Gasteiger partial charge in [-0.15, -0.1) is 0 Å². The molecule has 2 aliphatic carbocycles. The number of imidazole rings is 1. The van der Waals surface area contributed by atoms with Crippen molar-refractivity contribution < 1.29 is 4.42 Å². The Morgan fingerprint density at radius 2 is 0.635 bits per heavy atom. The second-order valence-corrected chi connectivity index (χ2v) is 35.1. The van der Waals surface area contributed by atoms with Crippen molar-refractivity contribution in [2.24, 2.45) is 0 Å². The van der Waals surface area contributed by atoms with Gasteiger partial charge in [0, 0.05) is 85.4 Å². The van der Waals surface area contributed by atoms with Gasteiger partial charge in [0.05, 0.1) is 49.8 Å². The lowest BCUT2D eigenvalue weighted by atomic mass is 9.67. The molecule has 0 saturated carbocycles. The molecule has 586 valence electrons. The highest BCUT2D eigenvalue weighted by molar-refractivity contribution is 7.99. The second kappa shape index (κ2) is 28.4. The van der Waals surface area contributed by atoms with Gasteiger partial charge in [-0.3, -0.25) is 4.57 Å². The van der Waals surface area contributed by atoms with Crippen LogP contribution in [0.25, 0.3) is 183 Å². The highest BCUT2D eigenvalue weighted by Crippen LogP contribution is 2.65. The third kappa shape index (κ3) is 10.9. The van der Waals surface area contributed by atoms with E-state index in [0.29, 0.717) is 17.5 Å². The maximum atomic E-state index is 6.50. The van der Waals surface area contributed by atoms with Crippen LogP contribution in [0.4, 0.5) is 0 Å². The smallest absolute Gasteiger partial charge is 0.167 e. The summed E-state index contributed by atoms with van der Waals surface area (Å²) in [5, 5.41) is 8.93. The van der Waals surface area contributed by atoms with Crippen LogP contribution in [0.2, 0.25) is 0 Å². The SMILES string of the molecule is c1ccc(-c2nc(-c3ccc4c(c3)nc(-c3ccccc3)c3cc5c(cc34)C3(c4ccccc4S5)c4ccccc4-c4ccccc43)nc(-c3cccc4c3oc3ccccc34)n2)cc1.c1ccc(-c2nc3cc(-c4ccc(-c5nc6ccccc6n5-c5ccccc5)cc4)ccc3c3cc4c(cc23)Sc2ccccc2C42c3ccccc3-c3ccccc32)cc1. The number of pyridine rings is 2. The van der Waals surface area contributed by atoms with Gasteiger partial charge in [0.25, 0.3) is 0 Å². The zero-order valence-electron chi connectivity index (χ0n) is 67.7. The van der Waals surface area contributed by atoms with E-state index >= 15 is 0 Å². The quantitative estimate of drug-likeness (QED) is 0.138. The number of fused-ring (bicyclic) bond motifs is 28. The van der Waals surface area contributed by atoms with Gasteiger partial charge < -0.3 is 4.42 Å². The molecule has 0 amide bonds. The summed E-state index contributed by atoms with van der Waals surface area (Å²) < 4.78 is 8.76. The van der Waals surface area contributed by atoms with Gasteiger partial charge in [0.1, 0.15) is 17.0 Å². The van der Waals surface area contributed by atoms with E-state index in [-0.39, 0.29) is 0 Å². The molecule has 0 atom stereocenters. The van der Waals surface area contributed by atoms with Gasteiger partial charge in [-0.2, -0.15) is 0 Å². The molecule has 4 aliphatic rings. The van der Waals surface area contributed by atoms with E-state index in [4.69, 9.17) is 34.3 Å². The van der Waals surface area contributed by atoms with Crippen molar-refractivity contribution in [1.82, 2.24) is 34.5 Å². The summed E-state index contributed by atoms with van der Waals surface area (Å²) in [4.78, 5) is 36.8. The molecule has 0 fully saturated rings. The number of hydrogen-bond acceptors (Lipinski definition) is 9. The minimum absolute atomic E-state index is 0.455. The summed E-state index contributed by atoms with van der Waals surface area (Å²) in [6.45, 7) is 0. The molecule has 2 spiro atoms. The van der Waals surface area contributed by atoms with E-state index in [1.165, 1.54) is 91.7 Å². The van der Waals surface area contributed by atoms with Gasteiger partial charge in [-0.25, -0.2) is 29.9 Å². The van der Waals surface area contributed by atoms with E-state index in [0.717, 1.165) is 138 Å². The first-order valence-corrected chi connectivity index (χ1v) is 44.3. The van der Waals surface area contributed by atoms with Crippen LogP contribution in [0.15, 0.2) is 443 Å². The Kier molecular flexibility index (Phi) is 16.2. The number of nitrogens with zero attached hydrogens (tertiary/aromatic N) is 7. The van der Waals surface area contributed by atoms with E-state index in [9.17, 15) is 0 Å². The van der Waals surface area contributed by atoms with Crippen molar-refractivity contribution >= 4 is 99.8 Å². The molecule has 10 heteroatoms. The zero-order chi connectivity index (χ0) is 82.7. The van der Waals surface area contributed by atoms with Gasteiger partial charge in [0.15, 0.2) is 17.5 Å². The molecule has 0 N–H and O–H groups in total. The first kappa shape index (κ1) is 72.0. The molecule has 0 unspecified atom stereocenters. The summed E-state index contributed by atoms with van der Waals surface area (Å²) in [5.41, 5.74) is 31.4. The molecule has 0 bridgehead atoms. The Bertz CT molecular complexity index is 8390. The zero-order valence-corrected chi connectivity index (χ0v) is 69.3. The van der Waals surface area contributed by atoms with Crippen molar-refractivity contribution in [2.45, 2.75) is 30.4 Å². The molecule has 27 rings (SSSR count). The fraction of sp³-hybridized carbons (Fsp3) is 0.0172. The fourth-order valence-electron chi connectivity index (χ4n) is 20.8. The van der Waals surface area contributed by atoms with Crippen molar-refractivity contribution in [1.29, 1.82) is 0 Å². The topological polar surface area (TPSA) is 95.4 Å². The molecule has 7 heterocycles.